The molecule has 0 aliphatic carbocycles. The van der Waals surface area contributed by atoms with Gasteiger partial charge in [-0.25, -0.2) is 0 Å². The van der Waals surface area contributed by atoms with Gasteiger partial charge < -0.3 is 11.1 Å². The molecule has 2 nitrogen and oxygen atoms in total. The number of benzene rings is 1. The lowest BCUT2D eigenvalue weighted by Gasteiger charge is -2.07. The van der Waals surface area contributed by atoms with E-state index in [9.17, 15) is 0 Å². The second-order valence-electron chi connectivity index (χ2n) is 2.23. The van der Waals surface area contributed by atoms with Gasteiger partial charge in [-0.2, -0.15) is 0 Å². The number of halogens is 1. The highest BCUT2D eigenvalue weighted by molar-refractivity contribution is 6.33. The molecule has 0 bridgehead atoms. The number of para-hydroxylation sites is 1. The fourth-order valence-corrected chi connectivity index (χ4v) is 1.06. The van der Waals surface area contributed by atoms with Crippen LogP contribution in [0.25, 0.3) is 0 Å². The first-order valence-corrected chi connectivity index (χ1v) is 3.91. The van der Waals surface area contributed by atoms with Gasteiger partial charge in [-0.05, 0) is 19.1 Å². The molecule has 0 aliphatic heterocycles. The lowest BCUT2D eigenvalue weighted by molar-refractivity contribution is 1.21. The Morgan fingerprint density at radius 1 is 1.55 bits per heavy atom. The predicted octanol–water partition coefficient (Wildman–Crippen LogP) is 2.35. The van der Waals surface area contributed by atoms with Crippen molar-refractivity contribution in [3.63, 3.8) is 0 Å². The highest BCUT2D eigenvalue weighted by Crippen LogP contribution is 2.26. The summed E-state index contributed by atoms with van der Waals surface area (Å²) in [6, 6.07) is 5.55. The van der Waals surface area contributed by atoms with Crippen LogP contribution in [0.4, 0.5) is 11.4 Å². The van der Waals surface area contributed by atoms with E-state index in [1.165, 1.54) is 0 Å². The van der Waals surface area contributed by atoms with Crippen molar-refractivity contribution < 1.29 is 0 Å². The Kier molecular flexibility index (Phi) is 2.60. The highest BCUT2D eigenvalue weighted by Gasteiger charge is 1.99. The zero-order valence-electron chi connectivity index (χ0n) is 6.39. The molecule has 1 aromatic rings. The molecule has 0 fully saturated rings. The van der Waals surface area contributed by atoms with E-state index >= 15 is 0 Å². The molecule has 3 N–H and O–H groups in total. The van der Waals surface area contributed by atoms with Gasteiger partial charge >= 0.3 is 0 Å². The predicted molar refractivity (Wildman–Crippen MR) is 50.0 cm³/mol. The summed E-state index contributed by atoms with van der Waals surface area (Å²) in [5.41, 5.74) is 7.20. The van der Waals surface area contributed by atoms with E-state index in [1.807, 2.05) is 19.1 Å². The molecule has 0 spiro atoms. The van der Waals surface area contributed by atoms with Crippen LogP contribution in [0.15, 0.2) is 18.2 Å². The third-order valence-corrected chi connectivity index (χ3v) is 1.75. The van der Waals surface area contributed by atoms with Crippen LogP contribution in [0.1, 0.15) is 6.92 Å². The van der Waals surface area contributed by atoms with E-state index < -0.39 is 0 Å². The topological polar surface area (TPSA) is 38.0 Å². The first kappa shape index (κ1) is 8.21. The molecular formula is C8H11ClN2. The van der Waals surface area contributed by atoms with Gasteiger partial charge in [0, 0.05) is 6.54 Å². The van der Waals surface area contributed by atoms with Gasteiger partial charge in [0.1, 0.15) is 0 Å². The first-order chi connectivity index (χ1) is 5.25. The van der Waals surface area contributed by atoms with Crippen molar-refractivity contribution in [1.29, 1.82) is 0 Å². The summed E-state index contributed by atoms with van der Waals surface area (Å²) in [5, 5.41) is 3.71. The molecule has 0 heterocycles. The zero-order valence-corrected chi connectivity index (χ0v) is 7.15. The number of nitrogens with one attached hydrogen (secondary N) is 1. The van der Waals surface area contributed by atoms with Gasteiger partial charge in [0.25, 0.3) is 0 Å². The summed E-state index contributed by atoms with van der Waals surface area (Å²) < 4.78 is 0. The number of nitrogens with two attached hydrogens (primary N) is 1. The van der Waals surface area contributed by atoms with Crippen LogP contribution in [0.5, 0.6) is 0 Å². The normalized spacial score (nSPS) is 9.64. The lowest BCUT2D eigenvalue weighted by atomic mass is 10.2. The molecule has 11 heavy (non-hydrogen) atoms. The van der Waals surface area contributed by atoms with Crippen molar-refractivity contribution in [2.45, 2.75) is 6.92 Å². The van der Waals surface area contributed by atoms with Gasteiger partial charge in [0.15, 0.2) is 0 Å². The number of nitrogen functional groups attached to an aromatic ring is 1. The van der Waals surface area contributed by atoms with Crippen LogP contribution in [0.2, 0.25) is 5.02 Å². The lowest BCUT2D eigenvalue weighted by Crippen LogP contribution is -2.00. The minimum Gasteiger partial charge on any atom is -0.396 e. The maximum atomic E-state index is 5.78. The van der Waals surface area contributed by atoms with Crippen molar-refractivity contribution in [3.8, 4) is 0 Å². The van der Waals surface area contributed by atoms with E-state index in [-0.39, 0.29) is 0 Å². The largest absolute Gasteiger partial charge is 0.396 e. The summed E-state index contributed by atoms with van der Waals surface area (Å²) in [6.07, 6.45) is 0. The quantitative estimate of drug-likeness (QED) is 0.669. The first-order valence-electron chi connectivity index (χ1n) is 3.53. The standard InChI is InChI=1S/C8H11ClN2/c1-2-11-7-5-3-4-6(9)8(7)10/h3-5,11H,2,10H2,1H3. The molecule has 60 valence electrons. The molecule has 0 aliphatic rings. The van der Waals surface area contributed by atoms with Crippen LogP contribution in [-0.4, -0.2) is 6.54 Å². The molecule has 0 radical (unpaired) electrons. The fraction of sp³-hybridized carbons (Fsp3) is 0.250. The van der Waals surface area contributed by atoms with E-state index in [4.69, 9.17) is 17.3 Å². The van der Waals surface area contributed by atoms with E-state index in [2.05, 4.69) is 5.32 Å². The smallest absolute Gasteiger partial charge is 0.0739 e. The Labute approximate surface area is 71.4 Å². The molecule has 0 aromatic heterocycles. The van der Waals surface area contributed by atoms with E-state index in [1.54, 1.807) is 6.07 Å². The van der Waals surface area contributed by atoms with E-state index in [0.717, 1.165) is 12.2 Å². The molecule has 3 heteroatoms. The zero-order chi connectivity index (χ0) is 8.27. The Balaban J connectivity index is 2.96. The minimum absolute atomic E-state index is 0.600. The summed E-state index contributed by atoms with van der Waals surface area (Å²) in [4.78, 5) is 0. The van der Waals surface area contributed by atoms with Crippen molar-refractivity contribution in [1.82, 2.24) is 0 Å². The Morgan fingerprint density at radius 3 is 2.91 bits per heavy atom. The van der Waals surface area contributed by atoms with E-state index in [0.29, 0.717) is 10.7 Å². The maximum absolute atomic E-state index is 5.78. The Bertz CT molecular complexity index is 248. The van der Waals surface area contributed by atoms with Crippen molar-refractivity contribution in [2.24, 2.45) is 0 Å². The van der Waals surface area contributed by atoms with Crippen LogP contribution in [0.3, 0.4) is 0 Å². The van der Waals surface area contributed by atoms with Gasteiger partial charge in [-0.15, -0.1) is 0 Å². The summed E-state index contributed by atoms with van der Waals surface area (Å²) in [6.45, 7) is 2.87. The van der Waals surface area contributed by atoms with Crippen LogP contribution >= 0.6 is 11.6 Å². The average molecular weight is 171 g/mol. The number of anilines is 2. The second kappa shape index (κ2) is 3.49. The van der Waals surface area contributed by atoms with Crippen molar-refractivity contribution >= 4 is 23.0 Å². The Hall–Kier alpha value is -0.890. The minimum atomic E-state index is 0.600. The fourth-order valence-electron chi connectivity index (χ4n) is 0.882. The molecule has 0 unspecified atom stereocenters. The van der Waals surface area contributed by atoms with Crippen molar-refractivity contribution in [3.05, 3.63) is 23.2 Å². The summed E-state index contributed by atoms with van der Waals surface area (Å²) in [5.74, 6) is 0. The van der Waals surface area contributed by atoms with Gasteiger partial charge in [0.05, 0.1) is 16.4 Å². The van der Waals surface area contributed by atoms with Gasteiger partial charge in [-0.3, -0.25) is 0 Å². The third kappa shape index (κ3) is 1.77. The maximum Gasteiger partial charge on any atom is 0.0739 e. The average Bonchev–Trinajstić information content (AvgIpc) is 1.99. The number of hydrogen-bond acceptors (Lipinski definition) is 2. The molecule has 0 saturated heterocycles. The molecule has 1 rings (SSSR count). The van der Waals surface area contributed by atoms with Crippen molar-refractivity contribution in [2.75, 3.05) is 17.6 Å². The van der Waals surface area contributed by atoms with Gasteiger partial charge in [0.2, 0.25) is 0 Å². The number of rotatable bonds is 2. The third-order valence-electron chi connectivity index (χ3n) is 1.42. The highest BCUT2D eigenvalue weighted by atomic mass is 35.5. The summed E-state index contributed by atoms with van der Waals surface area (Å²) in [7, 11) is 0. The second-order valence-corrected chi connectivity index (χ2v) is 2.64. The number of hydrogen-bond donors (Lipinski definition) is 2. The SMILES string of the molecule is CCNc1cccc(Cl)c1N. The molecular weight excluding hydrogens is 160 g/mol. The van der Waals surface area contributed by atoms with Crippen LogP contribution in [-0.2, 0) is 0 Å². The van der Waals surface area contributed by atoms with Crippen LogP contribution < -0.4 is 11.1 Å². The summed E-state index contributed by atoms with van der Waals surface area (Å²) >= 11 is 5.78. The Morgan fingerprint density at radius 2 is 2.27 bits per heavy atom. The molecule has 0 atom stereocenters. The molecule has 0 amide bonds. The van der Waals surface area contributed by atoms with Gasteiger partial charge in [-0.1, -0.05) is 17.7 Å². The molecule has 1 aromatic carbocycles. The monoisotopic (exact) mass is 170 g/mol. The molecule has 0 saturated carbocycles. The van der Waals surface area contributed by atoms with Crippen LogP contribution in [0, 0.1) is 0 Å².